The van der Waals surface area contributed by atoms with Crippen LogP contribution in [0.4, 0.5) is 0 Å². The van der Waals surface area contributed by atoms with E-state index in [0.29, 0.717) is 5.25 Å². The van der Waals surface area contributed by atoms with Crippen molar-refractivity contribution in [3.8, 4) is 0 Å². The molecule has 0 aromatic carbocycles. The largest absolute Gasteiger partial charge is 0.329 e. The Hall–Kier alpha value is 0.230. The second-order valence-corrected chi connectivity index (χ2v) is 6.81. The maximum Gasteiger partial charge on any atom is 0.0455 e. The lowest BCUT2D eigenvalue weighted by Crippen LogP contribution is -2.58. The van der Waals surface area contributed by atoms with Crippen LogP contribution < -0.4 is 5.73 Å². The van der Waals surface area contributed by atoms with Crippen molar-refractivity contribution in [2.75, 3.05) is 46.0 Å². The predicted octanol–water partition coefficient (Wildman–Crippen LogP) is 1.48. The third kappa shape index (κ3) is 3.60. The number of likely N-dealkylation sites (N-methyl/N-ethyl adjacent to an activating group) is 1. The van der Waals surface area contributed by atoms with E-state index in [2.05, 4.69) is 49.5 Å². The van der Waals surface area contributed by atoms with Crippen molar-refractivity contribution in [3.05, 3.63) is 0 Å². The molecule has 0 radical (unpaired) electrons. The van der Waals surface area contributed by atoms with Gasteiger partial charge in [0.05, 0.1) is 0 Å². The molecule has 2 N–H and O–H groups in total. The summed E-state index contributed by atoms with van der Waals surface area (Å²) in [6.07, 6.45) is 2.47. The first-order valence-corrected chi connectivity index (χ1v) is 7.83. The summed E-state index contributed by atoms with van der Waals surface area (Å²) in [7, 11) is 4.29. The van der Waals surface area contributed by atoms with Gasteiger partial charge in [0.15, 0.2) is 0 Å². The van der Waals surface area contributed by atoms with Gasteiger partial charge in [0.1, 0.15) is 0 Å². The Morgan fingerprint density at radius 3 is 2.41 bits per heavy atom. The van der Waals surface area contributed by atoms with E-state index in [1.165, 1.54) is 25.1 Å². The SMILES string of the molecule is CCCN(CCN(C)C)C1(CN)CCSC1C. The molecule has 4 heteroatoms. The average molecular weight is 259 g/mol. The molecule has 17 heavy (non-hydrogen) atoms. The van der Waals surface area contributed by atoms with Crippen molar-refractivity contribution in [2.45, 2.75) is 37.5 Å². The monoisotopic (exact) mass is 259 g/mol. The predicted molar refractivity (Wildman–Crippen MR) is 78.7 cm³/mol. The first kappa shape index (κ1) is 15.3. The highest BCUT2D eigenvalue weighted by Crippen LogP contribution is 2.39. The molecule has 0 saturated carbocycles. The van der Waals surface area contributed by atoms with Crippen molar-refractivity contribution < 1.29 is 0 Å². The van der Waals surface area contributed by atoms with Crippen LogP contribution in [0.5, 0.6) is 0 Å². The van der Waals surface area contributed by atoms with Crippen LogP contribution >= 0.6 is 11.8 Å². The summed E-state index contributed by atoms with van der Waals surface area (Å²) >= 11 is 2.08. The topological polar surface area (TPSA) is 32.5 Å². The molecular formula is C13H29N3S. The second-order valence-electron chi connectivity index (χ2n) is 5.36. The highest BCUT2D eigenvalue weighted by molar-refractivity contribution is 8.00. The zero-order chi connectivity index (χ0) is 12.9. The van der Waals surface area contributed by atoms with Gasteiger partial charge < -0.3 is 10.6 Å². The van der Waals surface area contributed by atoms with Crippen LogP contribution in [0.15, 0.2) is 0 Å². The molecule has 0 aromatic heterocycles. The van der Waals surface area contributed by atoms with Gasteiger partial charge in [-0.05, 0) is 39.2 Å². The summed E-state index contributed by atoms with van der Waals surface area (Å²) in [4.78, 5) is 4.91. The lowest BCUT2D eigenvalue weighted by Gasteiger charge is -2.44. The first-order chi connectivity index (χ1) is 8.06. The van der Waals surface area contributed by atoms with Crippen LogP contribution in [-0.2, 0) is 0 Å². The van der Waals surface area contributed by atoms with E-state index in [1.807, 2.05) is 0 Å². The maximum atomic E-state index is 6.13. The minimum absolute atomic E-state index is 0.247. The van der Waals surface area contributed by atoms with Crippen LogP contribution in [0.2, 0.25) is 0 Å². The van der Waals surface area contributed by atoms with Crippen molar-refractivity contribution in [1.82, 2.24) is 9.80 Å². The van der Waals surface area contributed by atoms with Crippen LogP contribution in [0.3, 0.4) is 0 Å². The van der Waals surface area contributed by atoms with E-state index in [-0.39, 0.29) is 5.54 Å². The Balaban J connectivity index is 2.71. The van der Waals surface area contributed by atoms with E-state index in [1.54, 1.807) is 0 Å². The first-order valence-electron chi connectivity index (χ1n) is 6.78. The fourth-order valence-electron chi connectivity index (χ4n) is 2.73. The molecule has 1 saturated heterocycles. The van der Waals surface area contributed by atoms with Crippen LogP contribution in [0, 0.1) is 0 Å². The Kier molecular flexibility index (Phi) is 6.27. The number of nitrogens with two attached hydrogens (primary N) is 1. The van der Waals surface area contributed by atoms with E-state index < -0.39 is 0 Å². The fourth-order valence-corrected chi connectivity index (χ4v) is 4.23. The standard InChI is InChI=1S/C13H29N3S/c1-5-7-16(9-8-15(3)4)13(11-14)6-10-17-12(13)2/h12H,5-11,14H2,1-4H3. The quantitative estimate of drug-likeness (QED) is 0.751. The fraction of sp³-hybridized carbons (Fsp3) is 1.00. The number of hydrogen-bond acceptors (Lipinski definition) is 4. The van der Waals surface area contributed by atoms with E-state index in [4.69, 9.17) is 5.73 Å². The summed E-state index contributed by atoms with van der Waals surface area (Å²) in [6, 6.07) is 0. The molecule has 1 fully saturated rings. The van der Waals surface area contributed by atoms with Gasteiger partial charge in [0.2, 0.25) is 0 Å². The summed E-state index contributed by atoms with van der Waals surface area (Å²) in [5, 5.41) is 0.668. The number of hydrogen-bond donors (Lipinski definition) is 1. The zero-order valence-electron chi connectivity index (χ0n) is 11.9. The second kappa shape index (κ2) is 6.98. The molecule has 0 aliphatic carbocycles. The molecule has 1 rings (SSSR count). The summed E-state index contributed by atoms with van der Waals surface area (Å²) in [5.41, 5.74) is 6.37. The number of thioether (sulfide) groups is 1. The van der Waals surface area contributed by atoms with Gasteiger partial charge in [0.25, 0.3) is 0 Å². The molecule has 2 unspecified atom stereocenters. The Bertz CT molecular complexity index is 223. The lowest BCUT2D eigenvalue weighted by molar-refractivity contribution is 0.0887. The van der Waals surface area contributed by atoms with Crippen molar-refractivity contribution in [1.29, 1.82) is 0 Å². The summed E-state index contributed by atoms with van der Waals surface area (Å²) in [5.74, 6) is 1.26. The number of rotatable bonds is 7. The third-order valence-corrected chi connectivity index (χ3v) is 5.33. The average Bonchev–Trinajstić information content (AvgIpc) is 2.66. The molecular weight excluding hydrogens is 230 g/mol. The van der Waals surface area contributed by atoms with Gasteiger partial charge in [-0.15, -0.1) is 0 Å². The van der Waals surface area contributed by atoms with Gasteiger partial charge in [-0.1, -0.05) is 13.8 Å². The van der Waals surface area contributed by atoms with Gasteiger partial charge in [-0.25, -0.2) is 0 Å². The highest BCUT2D eigenvalue weighted by Gasteiger charge is 2.43. The summed E-state index contributed by atoms with van der Waals surface area (Å²) in [6.45, 7) is 8.86. The van der Waals surface area contributed by atoms with Gasteiger partial charge in [0, 0.05) is 30.4 Å². The molecule has 1 aliphatic rings. The van der Waals surface area contributed by atoms with Crippen molar-refractivity contribution in [3.63, 3.8) is 0 Å². The van der Waals surface area contributed by atoms with Crippen molar-refractivity contribution >= 4 is 11.8 Å². The Morgan fingerprint density at radius 2 is 2.00 bits per heavy atom. The van der Waals surface area contributed by atoms with E-state index >= 15 is 0 Å². The Labute approximate surface area is 111 Å². The molecule has 0 aromatic rings. The minimum Gasteiger partial charge on any atom is -0.329 e. The lowest BCUT2D eigenvalue weighted by atomic mass is 9.90. The number of nitrogens with zero attached hydrogens (tertiary/aromatic N) is 2. The van der Waals surface area contributed by atoms with Crippen LogP contribution in [0.25, 0.3) is 0 Å². The van der Waals surface area contributed by atoms with Gasteiger partial charge >= 0.3 is 0 Å². The van der Waals surface area contributed by atoms with Crippen LogP contribution in [0.1, 0.15) is 26.7 Å². The highest BCUT2D eigenvalue weighted by atomic mass is 32.2. The molecule has 0 amide bonds. The maximum absolute atomic E-state index is 6.13. The van der Waals surface area contributed by atoms with E-state index in [9.17, 15) is 0 Å². The third-order valence-electron chi connectivity index (χ3n) is 3.95. The molecule has 1 aliphatic heterocycles. The molecule has 1 heterocycles. The van der Waals surface area contributed by atoms with Gasteiger partial charge in [-0.3, -0.25) is 4.90 Å². The van der Waals surface area contributed by atoms with E-state index in [0.717, 1.165) is 19.6 Å². The normalized spacial score (nSPS) is 29.5. The van der Waals surface area contributed by atoms with Crippen molar-refractivity contribution in [2.24, 2.45) is 5.73 Å². The molecule has 0 spiro atoms. The minimum atomic E-state index is 0.247. The molecule has 0 bridgehead atoms. The van der Waals surface area contributed by atoms with Crippen LogP contribution in [-0.4, -0.2) is 66.6 Å². The smallest absolute Gasteiger partial charge is 0.0455 e. The zero-order valence-corrected chi connectivity index (χ0v) is 12.7. The molecule has 3 nitrogen and oxygen atoms in total. The van der Waals surface area contributed by atoms with Gasteiger partial charge in [-0.2, -0.15) is 11.8 Å². The molecule has 2 atom stereocenters. The molecule has 102 valence electrons. The Morgan fingerprint density at radius 1 is 1.29 bits per heavy atom. The summed E-state index contributed by atoms with van der Waals surface area (Å²) < 4.78 is 0.